The molecule has 0 N–H and O–H groups in total. The van der Waals surface area contributed by atoms with Crippen LogP contribution in [-0.2, 0) is 10.8 Å². The van der Waals surface area contributed by atoms with Crippen LogP contribution < -0.4 is 0 Å². The molecule has 2 heteroatoms. The van der Waals surface area contributed by atoms with Gasteiger partial charge >= 0.3 is 0 Å². The van der Waals surface area contributed by atoms with Crippen molar-refractivity contribution in [2.24, 2.45) is 0 Å². The maximum atomic E-state index is 5.60. The van der Waals surface area contributed by atoms with Crippen LogP contribution in [0.25, 0.3) is 0 Å². The third-order valence-electron chi connectivity index (χ3n) is 1.90. The van der Waals surface area contributed by atoms with E-state index in [4.69, 9.17) is 4.43 Å². The molecule has 72 valence electrons. The van der Waals surface area contributed by atoms with E-state index in [0.29, 0.717) is 6.10 Å². The second kappa shape index (κ2) is 5.94. The van der Waals surface area contributed by atoms with Gasteiger partial charge < -0.3 is 4.43 Å². The third kappa shape index (κ3) is 4.86. The van der Waals surface area contributed by atoms with Gasteiger partial charge in [-0.2, -0.15) is 0 Å². The van der Waals surface area contributed by atoms with Gasteiger partial charge in [0.2, 0.25) is 0 Å². The number of hydrogen-bond acceptors (Lipinski definition) is 1. The molecule has 0 aliphatic rings. The summed E-state index contributed by atoms with van der Waals surface area (Å²) in [6.07, 6.45) is 1.60. The highest BCUT2D eigenvalue weighted by molar-refractivity contribution is 6.27. The zero-order valence-corrected chi connectivity index (χ0v) is 9.91. The Morgan fingerprint density at radius 2 is 1.92 bits per heavy atom. The number of rotatable bonds is 5. The molecule has 0 heterocycles. The van der Waals surface area contributed by atoms with E-state index in [2.05, 4.69) is 44.2 Å². The van der Waals surface area contributed by atoms with Gasteiger partial charge in [-0.15, -0.1) is 0 Å². The van der Waals surface area contributed by atoms with Crippen molar-refractivity contribution in [2.75, 3.05) is 0 Å². The predicted octanol–water partition coefficient (Wildman–Crippen LogP) is 2.16. The van der Waals surface area contributed by atoms with Crippen molar-refractivity contribution in [3.05, 3.63) is 35.9 Å². The molecule has 0 atom stereocenters. The normalized spacial score (nSPS) is 11.6. The van der Waals surface area contributed by atoms with E-state index in [-0.39, 0.29) is 9.76 Å². The smallest absolute Gasteiger partial charge is 0.162 e. The summed E-state index contributed by atoms with van der Waals surface area (Å²) in [4.78, 5) is 0. The van der Waals surface area contributed by atoms with Crippen LogP contribution in [0, 0.1) is 0 Å². The van der Waals surface area contributed by atoms with Crippen molar-refractivity contribution >= 4 is 9.76 Å². The molecule has 0 amide bonds. The van der Waals surface area contributed by atoms with E-state index in [0.717, 1.165) is 0 Å². The van der Waals surface area contributed by atoms with E-state index in [1.54, 1.807) is 0 Å². The SMILES string of the molecule is CC(C)O[SiH2]CCc1ccccc1. The molecule has 0 saturated heterocycles. The molecule has 0 spiro atoms. The fraction of sp³-hybridized carbons (Fsp3) is 0.455. The highest BCUT2D eigenvalue weighted by Gasteiger charge is 1.95. The summed E-state index contributed by atoms with van der Waals surface area (Å²) in [7, 11) is -0.280. The van der Waals surface area contributed by atoms with E-state index < -0.39 is 0 Å². The van der Waals surface area contributed by atoms with Crippen LogP contribution >= 0.6 is 0 Å². The standard InChI is InChI=1S/C11H18OSi/c1-10(2)12-13-9-8-11-6-4-3-5-7-11/h3-7,10H,8-9,13H2,1-2H3. The van der Waals surface area contributed by atoms with Gasteiger partial charge in [-0.1, -0.05) is 30.3 Å². The molecule has 0 saturated carbocycles. The molecule has 0 aliphatic carbocycles. The molecule has 13 heavy (non-hydrogen) atoms. The number of hydrogen-bond donors (Lipinski definition) is 0. The lowest BCUT2D eigenvalue weighted by molar-refractivity contribution is 0.255. The molecular weight excluding hydrogens is 176 g/mol. The first-order valence-electron chi connectivity index (χ1n) is 4.94. The van der Waals surface area contributed by atoms with Gasteiger partial charge in [-0.3, -0.25) is 0 Å². The lowest BCUT2D eigenvalue weighted by Crippen LogP contribution is -2.07. The highest BCUT2D eigenvalue weighted by atomic mass is 28.2. The molecule has 0 bridgehead atoms. The van der Waals surface area contributed by atoms with Crippen LogP contribution in [0.1, 0.15) is 19.4 Å². The second-order valence-electron chi connectivity index (χ2n) is 3.51. The quantitative estimate of drug-likeness (QED) is 0.515. The minimum absolute atomic E-state index is 0.280. The van der Waals surface area contributed by atoms with E-state index >= 15 is 0 Å². The Bertz CT molecular complexity index is 221. The first kappa shape index (κ1) is 10.5. The van der Waals surface area contributed by atoms with E-state index in [1.807, 2.05) is 0 Å². The van der Waals surface area contributed by atoms with Gasteiger partial charge in [0.05, 0.1) is 0 Å². The molecule has 1 aromatic rings. The predicted molar refractivity (Wildman–Crippen MR) is 59.7 cm³/mol. The molecule has 0 aromatic heterocycles. The first-order chi connectivity index (χ1) is 6.29. The van der Waals surface area contributed by atoms with Gasteiger partial charge in [0, 0.05) is 6.10 Å². The minimum Gasteiger partial charge on any atom is -0.422 e. The summed E-state index contributed by atoms with van der Waals surface area (Å²) < 4.78 is 5.60. The van der Waals surface area contributed by atoms with Crippen LogP contribution in [0.5, 0.6) is 0 Å². The average Bonchev–Trinajstić information content (AvgIpc) is 2.14. The Kier molecular flexibility index (Phi) is 4.79. The van der Waals surface area contributed by atoms with Crippen molar-refractivity contribution in [1.29, 1.82) is 0 Å². The largest absolute Gasteiger partial charge is 0.422 e. The number of aryl methyl sites for hydroxylation is 1. The zero-order valence-electron chi connectivity index (χ0n) is 8.49. The molecule has 1 rings (SSSR count). The molecule has 0 fully saturated rings. The van der Waals surface area contributed by atoms with Gasteiger partial charge in [-0.05, 0) is 31.9 Å². The van der Waals surface area contributed by atoms with Crippen molar-refractivity contribution < 1.29 is 4.43 Å². The lowest BCUT2D eigenvalue weighted by Gasteiger charge is -2.06. The molecule has 1 nitrogen and oxygen atoms in total. The second-order valence-corrected chi connectivity index (χ2v) is 4.96. The average molecular weight is 194 g/mol. The van der Waals surface area contributed by atoms with Gasteiger partial charge in [-0.25, -0.2) is 0 Å². The summed E-state index contributed by atoms with van der Waals surface area (Å²) in [6.45, 7) is 4.21. The molecular formula is C11H18OSi. The first-order valence-corrected chi connectivity index (χ1v) is 6.52. The Balaban J connectivity index is 2.13. The van der Waals surface area contributed by atoms with Crippen molar-refractivity contribution in [2.45, 2.75) is 32.4 Å². The fourth-order valence-corrected chi connectivity index (χ4v) is 2.43. The topological polar surface area (TPSA) is 9.23 Å². The highest BCUT2D eigenvalue weighted by Crippen LogP contribution is 2.02. The van der Waals surface area contributed by atoms with Crippen LogP contribution in [-0.4, -0.2) is 15.9 Å². The van der Waals surface area contributed by atoms with E-state index in [9.17, 15) is 0 Å². The van der Waals surface area contributed by atoms with Gasteiger partial charge in [0.15, 0.2) is 9.76 Å². The van der Waals surface area contributed by atoms with Crippen molar-refractivity contribution in [1.82, 2.24) is 0 Å². The van der Waals surface area contributed by atoms with Crippen LogP contribution in [0.4, 0.5) is 0 Å². The minimum atomic E-state index is -0.280. The molecule has 0 radical (unpaired) electrons. The van der Waals surface area contributed by atoms with Gasteiger partial charge in [0.25, 0.3) is 0 Å². The number of benzene rings is 1. The molecule has 0 unspecified atom stereocenters. The Labute approximate surface area is 83.1 Å². The monoisotopic (exact) mass is 194 g/mol. The molecule has 0 aliphatic heterocycles. The Hall–Kier alpha value is -0.603. The maximum Gasteiger partial charge on any atom is 0.162 e. The van der Waals surface area contributed by atoms with Crippen molar-refractivity contribution in [3.8, 4) is 0 Å². The fourth-order valence-electron chi connectivity index (χ4n) is 1.24. The summed E-state index contributed by atoms with van der Waals surface area (Å²) in [6, 6.07) is 11.9. The third-order valence-corrected chi connectivity index (χ3v) is 3.45. The van der Waals surface area contributed by atoms with Crippen LogP contribution in [0.2, 0.25) is 6.04 Å². The molecule has 1 aromatic carbocycles. The maximum absolute atomic E-state index is 5.60. The Morgan fingerprint density at radius 3 is 2.54 bits per heavy atom. The lowest BCUT2D eigenvalue weighted by atomic mass is 10.2. The van der Waals surface area contributed by atoms with E-state index in [1.165, 1.54) is 18.0 Å². The Morgan fingerprint density at radius 1 is 1.23 bits per heavy atom. The summed E-state index contributed by atoms with van der Waals surface area (Å²) >= 11 is 0. The zero-order chi connectivity index (χ0) is 9.52. The van der Waals surface area contributed by atoms with Gasteiger partial charge in [0.1, 0.15) is 0 Å². The summed E-state index contributed by atoms with van der Waals surface area (Å²) in [5.74, 6) is 0. The van der Waals surface area contributed by atoms with Crippen molar-refractivity contribution in [3.63, 3.8) is 0 Å². The summed E-state index contributed by atoms with van der Waals surface area (Å²) in [5, 5.41) is 0. The van der Waals surface area contributed by atoms with Crippen LogP contribution in [0.15, 0.2) is 30.3 Å². The van der Waals surface area contributed by atoms with Crippen LogP contribution in [0.3, 0.4) is 0 Å². The summed E-state index contributed by atoms with van der Waals surface area (Å²) in [5.41, 5.74) is 1.43.